The van der Waals surface area contributed by atoms with E-state index in [0.717, 1.165) is 0 Å². The van der Waals surface area contributed by atoms with Crippen molar-refractivity contribution in [2.45, 2.75) is 52.0 Å². The Morgan fingerprint density at radius 1 is 1.05 bits per heavy atom. The fourth-order valence-electron chi connectivity index (χ4n) is 2.94. The molecule has 0 bridgehead atoms. The maximum Gasteiger partial charge on any atom is 0.0742 e. The summed E-state index contributed by atoms with van der Waals surface area (Å²) in [4.78, 5) is 5.65. The molecule has 1 aliphatic rings. The quantitative estimate of drug-likeness (QED) is 0.794. The Morgan fingerprint density at radius 3 is 2.58 bits per heavy atom. The zero-order valence-corrected chi connectivity index (χ0v) is 13.3. The molecule has 1 atom stereocenters. The van der Waals surface area contributed by atoms with Crippen molar-refractivity contribution < 1.29 is 0 Å². The molecular formula is C16H21NS2. The van der Waals surface area contributed by atoms with Crippen LogP contribution in [0.1, 0.15) is 55.9 Å². The summed E-state index contributed by atoms with van der Waals surface area (Å²) in [7, 11) is 0. The smallest absolute Gasteiger partial charge is 0.0742 e. The topological polar surface area (TPSA) is 26.0 Å². The normalized spacial score (nSPS) is 17.0. The Labute approximate surface area is 123 Å². The van der Waals surface area contributed by atoms with Crippen LogP contribution in [0, 0.1) is 13.8 Å². The van der Waals surface area contributed by atoms with E-state index in [4.69, 9.17) is 5.73 Å². The first-order valence-corrected chi connectivity index (χ1v) is 8.72. The van der Waals surface area contributed by atoms with Crippen LogP contribution in [-0.2, 0) is 12.8 Å². The van der Waals surface area contributed by atoms with Gasteiger partial charge in [0.05, 0.1) is 6.04 Å². The molecule has 102 valence electrons. The fraction of sp³-hybridized carbons (Fsp3) is 0.500. The van der Waals surface area contributed by atoms with Crippen molar-refractivity contribution in [1.29, 1.82) is 0 Å². The number of hydrogen-bond donors (Lipinski definition) is 1. The summed E-state index contributed by atoms with van der Waals surface area (Å²) >= 11 is 3.80. The first-order valence-electron chi connectivity index (χ1n) is 7.09. The van der Waals surface area contributed by atoms with Gasteiger partial charge >= 0.3 is 0 Å². The third-order valence-corrected chi connectivity index (χ3v) is 6.49. The molecule has 0 saturated carbocycles. The van der Waals surface area contributed by atoms with E-state index in [9.17, 15) is 0 Å². The van der Waals surface area contributed by atoms with Crippen molar-refractivity contribution in [3.63, 3.8) is 0 Å². The molecule has 0 aromatic carbocycles. The van der Waals surface area contributed by atoms with Gasteiger partial charge in [0, 0.05) is 19.5 Å². The molecule has 1 aliphatic carbocycles. The van der Waals surface area contributed by atoms with E-state index in [1.54, 1.807) is 10.4 Å². The zero-order valence-electron chi connectivity index (χ0n) is 11.7. The average Bonchev–Trinajstić information content (AvgIpc) is 2.85. The predicted molar refractivity (Wildman–Crippen MR) is 85.4 cm³/mol. The molecule has 0 amide bonds. The van der Waals surface area contributed by atoms with Crippen LogP contribution >= 0.6 is 22.7 Å². The maximum atomic E-state index is 6.50. The van der Waals surface area contributed by atoms with Crippen LogP contribution in [0.15, 0.2) is 12.1 Å². The molecule has 0 fully saturated rings. The van der Waals surface area contributed by atoms with Crippen molar-refractivity contribution in [1.82, 2.24) is 0 Å². The van der Waals surface area contributed by atoms with Crippen molar-refractivity contribution >= 4 is 22.7 Å². The van der Waals surface area contributed by atoms with Crippen LogP contribution < -0.4 is 5.73 Å². The summed E-state index contributed by atoms with van der Waals surface area (Å²) in [5, 5.41) is 0. The molecule has 0 spiro atoms. The van der Waals surface area contributed by atoms with Gasteiger partial charge in [0.1, 0.15) is 0 Å². The van der Waals surface area contributed by atoms with E-state index < -0.39 is 0 Å². The fourth-order valence-corrected chi connectivity index (χ4v) is 5.34. The molecule has 3 rings (SSSR count). The number of rotatable bonds is 2. The lowest BCUT2D eigenvalue weighted by molar-refractivity contribution is 0.712. The Kier molecular flexibility index (Phi) is 3.79. The van der Waals surface area contributed by atoms with Gasteiger partial charge in [0.15, 0.2) is 0 Å². The largest absolute Gasteiger partial charge is 0.319 e. The van der Waals surface area contributed by atoms with E-state index in [1.165, 1.54) is 52.3 Å². The van der Waals surface area contributed by atoms with Gasteiger partial charge in [-0.25, -0.2) is 0 Å². The van der Waals surface area contributed by atoms with Crippen LogP contribution in [0.25, 0.3) is 0 Å². The lowest BCUT2D eigenvalue weighted by Gasteiger charge is -2.08. The summed E-state index contributed by atoms with van der Waals surface area (Å²) in [6.07, 6.45) is 6.58. The van der Waals surface area contributed by atoms with Gasteiger partial charge in [-0.3, -0.25) is 0 Å². The van der Waals surface area contributed by atoms with Gasteiger partial charge in [-0.2, -0.15) is 0 Å². The minimum absolute atomic E-state index is 0.0793. The number of fused-ring (bicyclic) bond motifs is 1. The monoisotopic (exact) mass is 291 g/mol. The lowest BCUT2D eigenvalue weighted by atomic mass is 10.1. The summed E-state index contributed by atoms with van der Waals surface area (Å²) in [5.41, 5.74) is 9.42. The standard InChI is InChI=1S/C16H21NS2/c1-10-8-11(2)18-16(10)15(17)14-9-12-6-4-3-5-7-13(12)19-14/h8-9,15H,3-7,17H2,1-2H3. The third kappa shape index (κ3) is 2.64. The van der Waals surface area contributed by atoms with Crippen molar-refractivity contribution in [2.75, 3.05) is 0 Å². The minimum Gasteiger partial charge on any atom is -0.319 e. The van der Waals surface area contributed by atoms with Gasteiger partial charge in [-0.15, -0.1) is 22.7 Å². The summed E-state index contributed by atoms with van der Waals surface area (Å²) in [6, 6.07) is 4.71. The molecule has 19 heavy (non-hydrogen) atoms. The van der Waals surface area contributed by atoms with Crippen LogP contribution in [0.4, 0.5) is 0 Å². The van der Waals surface area contributed by atoms with Crippen molar-refractivity contribution in [3.05, 3.63) is 42.8 Å². The van der Waals surface area contributed by atoms with E-state index in [-0.39, 0.29) is 6.04 Å². The zero-order chi connectivity index (χ0) is 13.4. The number of nitrogens with two attached hydrogens (primary N) is 1. The minimum atomic E-state index is 0.0793. The van der Waals surface area contributed by atoms with Crippen molar-refractivity contribution in [3.8, 4) is 0 Å². The van der Waals surface area contributed by atoms with Crippen LogP contribution in [0.3, 0.4) is 0 Å². The highest BCUT2D eigenvalue weighted by molar-refractivity contribution is 7.13. The Hall–Kier alpha value is -0.640. The molecule has 0 radical (unpaired) electrons. The third-order valence-electron chi connectivity index (χ3n) is 3.93. The highest BCUT2D eigenvalue weighted by Gasteiger charge is 2.19. The molecule has 2 aromatic rings. The molecule has 2 N–H and O–H groups in total. The second-order valence-electron chi connectivity index (χ2n) is 5.54. The van der Waals surface area contributed by atoms with E-state index in [0.29, 0.717) is 0 Å². The first-order chi connectivity index (χ1) is 9.15. The van der Waals surface area contributed by atoms with Gasteiger partial charge in [-0.1, -0.05) is 6.42 Å². The number of hydrogen-bond acceptors (Lipinski definition) is 3. The van der Waals surface area contributed by atoms with Crippen molar-refractivity contribution in [2.24, 2.45) is 5.73 Å². The van der Waals surface area contributed by atoms with Gasteiger partial charge in [0.2, 0.25) is 0 Å². The average molecular weight is 291 g/mol. The Morgan fingerprint density at radius 2 is 1.84 bits per heavy atom. The van der Waals surface area contributed by atoms with Gasteiger partial charge in [-0.05, 0) is 62.8 Å². The Balaban J connectivity index is 1.92. The summed E-state index contributed by atoms with van der Waals surface area (Å²) in [6.45, 7) is 4.34. The second kappa shape index (κ2) is 5.39. The van der Waals surface area contributed by atoms with Gasteiger partial charge in [0.25, 0.3) is 0 Å². The summed E-state index contributed by atoms with van der Waals surface area (Å²) in [5.74, 6) is 0. The number of aryl methyl sites for hydroxylation is 4. The van der Waals surface area contributed by atoms with E-state index >= 15 is 0 Å². The Bertz CT molecular complexity index is 556. The SMILES string of the molecule is Cc1cc(C)c(C(N)c2cc3c(s2)CCCCC3)s1. The van der Waals surface area contributed by atoms with E-state index in [2.05, 4.69) is 26.0 Å². The molecule has 2 heterocycles. The molecule has 1 nitrogen and oxygen atoms in total. The molecule has 0 saturated heterocycles. The summed E-state index contributed by atoms with van der Waals surface area (Å²) < 4.78 is 0. The maximum absolute atomic E-state index is 6.50. The molecule has 1 unspecified atom stereocenters. The van der Waals surface area contributed by atoms with Crippen LogP contribution in [-0.4, -0.2) is 0 Å². The highest BCUT2D eigenvalue weighted by Crippen LogP contribution is 2.37. The lowest BCUT2D eigenvalue weighted by Crippen LogP contribution is -2.09. The highest BCUT2D eigenvalue weighted by atomic mass is 32.1. The molecule has 0 aliphatic heterocycles. The number of thiophene rings is 2. The predicted octanol–water partition coefficient (Wildman–Crippen LogP) is 4.74. The molecule has 2 aromatic heterocycles. The van der Waals surface area contributed by atoms with E-state index in [1.807, 2.05) is 22.7 Å². The molecular weight excluding hydrogens is 270 g/mol. The van der Waals surface area contributed by atoms with Crippen LogP contribution in [0.2, 0.25) is 0 Å². The second-order valence-corrected chi connectivity index (χ2v) is 8.00. The first kappa shape index (κ1) is 13.3. The molecule has 3 heteroatoms. The van der Waals surface area contributed by atoms with Gasteiger partial charge < -0.3 is 5.73 Å². The van der Waals surface area contributed by atoms with Crippen LogP contribution in [0.5, 0.6) is 0 Å².